The maximum absolute atomic E-state index is 14.1. The van der Waals surface area contributed by atoms with Gasteiger partial charge in [0.25, 0.3) is 0 Å². The van der Waals surface area contributed by atoms with Gasteiger partial charge in [0.1, 0.15) is 17.1 Å². The van der Waals surface area contributed by atoms with Crippen molar-refractivity contribution in [3.63, 3.8) is 0 Å². The van der Waals surface area contributed by atoms with Gasteiger partial charge in [-0.25, -0.2) is 9.37 Å². The zero-order valence-corrected chi connectivity index (χ0v) is 14.5. The molecule has 0 aliphatic heterocycles. The number of aryl methyl sites for hydroxylation is 2. The van der Waals surface area contributed by atoms with Crippen molar-refractivity contribution >= 4 is 28.3 Å². The van der Waals surface area contributed by atoms with Gasteiger partial charge in [0.2, 0.25) is 0 Å². The van der Waals surface area contributed by atoms with E-state index in [0.717, 1.165) is 5.56 Å². The molecule has 0 spiro atoms. The molecule has 0 saturated carbocycles. The van der Waals surface area contributed by atoms with Crippen LogP contribution in [0, 0.1) is 19.7 Å². The number of hydrogen-bond acceptors (Lipinski definition) is 5. The van der Waals surface area contributed by atoms with E-state index in [0.29, 0.717) is 44.5 Å². The minimum absolute atomic E-state index is 0.345. The highest BCUT2D eigenvalue weighted by atomic mass is 35.5. The molecule has 0 radical (unpaired) electrons. The fourth-order valence-electron chi connectivity index (χ4n) is 2.94. The fraction of sp³-hybridized carbons (Fsp3) is 0.176. The van der Waals surface area contributed by atoms with Crippen LogP contribution in [0.2, 0.25) is 5.02 Å². The number of halogens is 2. The largest absolute Gasteiger partial charge is 0.494 e. The number of ether oxygens (including phenoxy) is 1. The van der Waals surface area contributed by atoms with Crippen molar-refractivity contribution in [2.24, 2.45) is 0 Å². The Morgan fingerprint density at radius 2 is 1.96 bits per heavy atom. The maximum Gasteiger partial charge on any atom is 0.183 e. The summed E-state index contributed by atoms with van der Waals surface area (Å²) in [6.45, 7) is 3.70. The monoisotopic (exact) mass is 357 g/mol. The van der Waals surface area contributed by atoms with E-state index in [-0.39, 0.29) is 0 Å². The lowest BCUT2D eigenvalue weighted by Crippen LogP contribution is -2.01. The Hall–Kier alpha value is -2.80. The predicted octanol–water partition coefficient (Wildman–Crippen LogP) is 3.76. The first-order valence-electron chi connectivity index (χ1n) is 7.50. The SMILES string of the molecule is COc1cc(F)cc2c1nc(C)c1nnc(-c3c(C)cncc3Cl)n12. The number of fused-ring (bicyclic) bond motifs is 3. The topological polar surface area (TPSA) is 65.2 Å². The molecule has 0 aliphatic rings. The molecule has 0 fully saturated rings. The van der Waals surface area contributed by atoms with Gasteiger partial charge >= 0.3 is 0 Å². The van der Waals surface area contributed by atoms with Gasteiger partial charge in [-0.2, -0.15) is 0 Å². The van der Waals surface area contributed by atoms with E-state index in [1.165, 1.54) is 19.2 Å². The quantitative estimate of drug-likeness (QED) is 0.546. The average Bonchev–Trinajstić information content (AvgIpc) is 3.01. The van der Waals surface area contributed by atoms with E-state index in [2.05, 4.69) is 20.2 Å². The molecule has 25 heavy (non-hydrogen) atoms. The van der Waals surface area contributed by atoms with Crippen LogP contribution in [0.15, 0.2) is 24.5 Å². The highest BCUT2D eigenvalue weighted by molar-refractivity contribution is 6.33. The first-order chi connectivity index (χ1) is 12.0. The second-order valence-corrected chi connectivity index (χ2v) is 6.08. The Balaban J connectivity index is 2.22. The lowest BCUT2D eigenvalue weighted by molar-refractivity contribution is 0.415. The minimum Gasteiger partial charge on any atom is -0.494 e. The Labute approximate surface area is 147 Å². The van der Waals surface area contributed by atoms with Gasteiger partial charge in [-0.1, -0.05) is 11.6 Å². The molecule has 1 aromatic carbocycles. The Morgan fingerprint density at radius 3 is 2.68 bits per heavy atom. The van der Waals surface area contributed by atoms with Crippen molar-refractivity contribution in [2.75, 3.05) is 7.11 Å². The number of methoxy groups -OCH3 is 1. The van der Waals surface area contributed by atoms with Crippen molar-refractivity contribution in [1.29, 1.82) is 0 Å². The predicted molar refractivity (Wildman–Crippen MR) is 92.5 cm³/mol. The van der Waals surface area contributed by atoms with Gasteiger partial charge in [-0.15, -0.1) is 10.2 Å². The van der Waals surface area contributed by atoms with Crippen LogP contribution in [0.25, 0.3) is 28.1 Å². The molecule has 6 nitrogen and oxygen atoms in total. The van der Waals surface area contributed by atoms with E-state index in [1.54, 1.807) is 16.8 Å². The second kappa shape index (κ2) is 5.63. The zero-order valence-electron chi connectivity index (χ0n) is 13.7. The molecule has 0 aliphatic carbocycles. The maximum atomic E-state index is 14.1. The van der Waals surface area contributed by atoms with Crippen LogP contribution in [-0.2, 0) is 0 Å². The van der Waals surface area contributed by atoms with Gasteiger partial charge in [0.15, 0.2) is 11.5 Å². The van der Waals surface area contributed by atoms with Crippen LogP contribution >= 0.6 is 11.6 Å². The van der Waals surface area contributed by atoms with Gasteiger partial charge in [0.05, 0.1) is 23.3 Å². The molecule has 0 unspecified atom stereocenters. The van der Waals surface area contributed by atoms with Crippen LogP contribution < -0.4 is 4.74 Å². The van der Waals surface area contributed by atoms with Crippen LogP contribution in [0.4, 0.5) is 4.39 Å². The first kappa shape index (κ1) is 15.7. The minimum atomic E-state index is -0.437. The standard InChI is InChI=1S/C17H13ClFN5O/c1-8-6-20-7-11(18)14(8)17-23-22-16-9(2)21-15-12(24(16)17)4-10(19)5-13(15)25-3/h4-7H,1-3H3. The van der Waals surface area contributed by atoms with E-state index in [4.69, 9.17) is 16.3 Å². The fourth-order valence-corrected chi connectivity index (χ4v) is 3.23. The summed E-state index contributed by atoms with van der Waals surface area (Å²) in [6.07, 6.45) is 3.24. The summed E-state index contributed by atoms with van der Waals surface area (Å²) in [5.74, 6) is 0.411. The molecular weight excluding hydrogens is 345 g/mol. The second-order valence-electron chi connectivity index (χ2n) is 5.67. The highest BCUT2D eigenvalue weighted by Crippen LogP contribution is 2.33. The zero-order chi connectivity index (χ0) is 17.7. The molecule has 0 saturated heterocycles. The molecule has 4 aromatic rings. The lowest BCUT2D eigenvalue weighted by atomic mass is 10.1. The molecule has 3 heterocycles. The number of hydrogen-bond donors (Lipinski definition) is 0. The van der Waals surface area contributed by atoms with Crippen LogP contribution in [-0.4, -0.2) is 31.7 Å². The summed E-state index contributed by atoms with van der Waals surface area (Å²) in [5.41, 5.74) is 3.75. The number of nitrogens with zero attached hydrogens (tertiary/aromatic N) is 5. The third-order valence-corrected chi connectivity index (χ3v) is 4.35. The lowest BCUT2D eigenvalue weighted by Gasteiger charge is -2.11. The van der Waals surface area contributed by atoms with Crippen molar-refractivity contribution in [2.45, 2.75) is 13.8 Å². The van der Waals surface area contributed by atoms with Crippen molar-refractivity contribution in [1.82, 2.24) is 24.6 Å². The average molecular weight is 358 g/mol. The Morgan fingerprint density at radius 1 is 1.16 bits per heavy atom. The summed E-state index contributed by atoms with van der Waals surface area (Å²) < 4.78 is 21.2. The summed E-state index contributed by atoms with van der Waals surface area (Å²) in [4.78, 5) is 8.58. The Bertz CT molecular complexity index is 1120. The summed E-state index contributed by atoms with van der Waals surface area (Å²) >= 11 is 6.34. The molecule has 8 heteroatoms. The highest BCUT2D eigenvalue weighted by Gasteiger charge is 2.20. The first-order valence-corrected chi connectivity index (χ1v) is 7.88. The molecule has 126 valence electrons. The summed E-state index contributed by atoms with van der Waals surface area (Å²) in [5, 5.41) is 8.95. The van der Waals surface area contributed by atoms with Gasteiger partial charge < -0.3 is 4.74 Å². The van der Waals surface area contributed by atoms with Crippen molar-refractivity contribution in [3.05, 3.63) is 46.6 Å². The summed E-state index contributed by atoms with van der Waals surface area (Å²) in [6, 6.07) is 2.68. The van der Waals surface area contributed by atoms with Crippen LogP contribution in [0.3, 0.4) is 0 Å². The third-order valence-electron chi connectivity index (χ3n) is 4.06. The molecular formula is C17H13ClFN5O. The third kappa shape index (κ3) is 2.31. The van der Waals surface area contributed by atoms with E-state index >= 15 is 0 Å². The summed E-state index contributed by atoms with van der Waals surface area (Å²) in [7, 11) is 1.48. The van der Waals surface area contributed by atoms with Gasteiger partial charge in [0, 0.05) is 30.1 Å². The number of rotatable bonds is 2. The smallest absolute Gasteiger partial charge is 0.183 e. The molecule has 0 atom stereocenters. The van der Waals surface area contributed by atoms with E-state index < -0.39 is 5.82 Å². The van der Waals surface area contributed by atoms with E-state index in [9.17, 15) is 4.39 Å². The number of benzene rings is 1. The van der Waals surface area contributed by atoms with Crippen molar-refractivity contribution in [3.8, 4) is 17.1 Å². The van der Waals surface area contributed by atoms with Crippen molar-refractivity contribution < 1.29 is 9.13 Å². The number of aromatic nitrogens is 5. The Kier molecular flexibility index (Phi) is 3.54. The molecule has 0 amide bonds. The van der Waals surface area contributed by atoms with Crippen LogP contribution in [0.5, 0.6) is 5.75 Å². The number of pyridine rings is 1. The molecule has 0 bridgehead atoms. The van der Waals surface area contributed by atoms with Gasteiger partial charge in [-0.3, -0.25) is 9.38 Å². The van der Waals surface area contributed by atoms with Crippen LogP contribution in [0.1, 0.15) is 11.3 Å². The van der Waals surface area contributed by atoms with E-state index in [1.807, 2.05) is 13.8 Å². The molecule has 0 N–H and O–H groups in total. The van der Waals surface area contributed by atoms with Gasteiger partial charge in [-0.05, 0) is 19.4 Å². The molecule has 4 rings (SSSR count). The normalized spacial score (nSPS) is 11.4. The molecule has 3 aromatic heterocycles.